The van der Waals surface area contributed by atoms with Crippen LogP contribution in [0.1, 0.15) is 22.1 Å². The molecule has 32 heavy (non-hydrogen) atoms. The molecule has 0 saturated heterocycles. The van der Waals surface area contributed by atoms with E-state index in [1.54, 1.807) is 19.5 Å². The molecular formula is C24H20ClN5OS. The zero-order valence-electron chi connectivity index (χ0n) is 17.6. The van der Waals surface area contributed by atoms with Crippen molar-refractivity contribution in [3.05, 3.63) is 87.5 Å². The molecule has 0 radical (unpaired) electrons. The number of pyridine rings is 2. The summed E-state index contributed by atoms with van der Waals surface area (Å²) in [5.74, 6) is 1.55. The topological polar surface area (TPSA) is 65.7 Å². The van der Waals surface area contributed by atoms with Crippen molar-refractivity contribution in [3.8, 4) is 17.0 Å². The number of ether oxygens (including phenoxy) is 1. The molecule has 0 amide bonds. The van der Waals surface area contributed by atoms with Crippen molar-refractivity contribution in [2.45, 2.75) is 19.9 Å². The summed E-state index contributed by atoms with van der Waals surface area (Å²) in [4.78, 5) is 18.1. The highest BCUT2D eigenvalue weighted by Crippen LogP contribution is 2.29. The molecule has 160 valence electrons. The molecule has 6 nitrogen and oxygen atoms in total. The van der Waals surface area contributed by atoms with E-state index >= 15 is 0 Å². The third-order valence-electron chi connectivity index (χ3n) is 5.28. The zero-order chi connectivity index (χ0) is 22.1. The minimum atomic E-state index is 0.560. The molecule has 4 heterocycles. The lowest BCUT2D eigenvalue weighted by molar-refractivity contribution is 0.398. The minimum Gasteiger partial charge on any atom is -0.481 e. The minimum absolute atomic E-state index is 0.560. The van der Waals surface area contributed by atoms with Crippen molar-refractivity contribution >= 4 is 34.0 Å². The summed E-state index contributed by atoms with van der Waals surface area (Å²) in [6.07, 6.45) is 6.12. The van der Waals surface area contributed by atoms with Gasteiger partial charge in [0, 0.05) is 36.6 Å². The monoisotopic (exact) mass is 461 g/mol. The fourth-order valence-electron chi connectivity index (χ4n) is 3.71. The van der Waals surface area contributed by atoms with Gasteiger partial charge in [-0.05, 0) is 48.4 Å². The molecular weight excluding hydrogens is 442 g/mol. The number of halogens is 1. The van der Waals surface area contributed by atoms with E-state index in [-0.39, 0.29) is 0 Å². The van der Waals surface area contributed by atoms with E-state index in [0.717, 1.165) is 48.6 Å². The lowest BCUT2D eigenvalue weighted by Crippen LogP contribution is -2.07. The van der Waals surface area contributed by atoms with Gasteiger partial charge in [-0.25, -0.2) is 15.0 Å². The number of thiazole rings is 1. The first-order valence-electron chi connectivity index (χ1n) is 10.1. The normalized spacial score (nSPS) is 11.2. The van der Waals surface area contributed by atoms with Crippen LogP contribution in [0, 0.1) is 6.92 Å². The predicted octanol–water partition coefficient (Wildman–Crippen LogP) is 5.56. The average Bonchev–Trinajstić information content (AvgIpc) is 3.32. The van der Waals surface area contributed by atoms with E-state index in [1.165, 1.54) is 11.3 Å². The van der Waals surface area contributed by atoms with Crippen LogP contribution in [0.15, 0.2) is 61.1 Å². The van der Waals surface area contributed by atoms with E-state index in [2.05, 4.69) is 37.7 Å². The van der Waals surface area contributed by atoms with Crippen LogP contribution < -0.4 is 4.74 Å². The maximum atomic E-state index is 6.48. The van der Waals surface area contributed by atoms with Gasteiger partial charge in [0.15, 0.2) is 0 Å². The fraction of sp³-hybridized carbons (Fsp3) is 0.167. The second kappa shape index (κ2) is 8.68. The van der Waals surface area contributed by atoms with Crippen molar-refractivity contribution in [1.82, 2.24) is 24.5 Å². The van der Waals surface area contributed by atoms with Gasteiger partial charge in [0.2, 0.25) is 5.88 Å². The number of aryl methyl sites for hydroxylation is 1. The molecule has 0 N–H and O–H groups in total. The molecule has 5 rings (SSSR count). The van der Waals surface area contributed by atoms with Crippen LogP contribution in [-0.4, -0.2) is 31.6 Å². The summed E-state index contributed by atoms with van der Waals surface area (Å²) < 4.78 is 8.11. The Balaban J connectivity index is 1.62. The Hall–Kier alpha value is -3.29. The van der Waals surface area contributed by atoms with E-state index < -0.39 is 0 Å². The molecule has 0 aliphatic carbocycles. The van der Waals surface area contributed by atoms with Crippen LogP contribution in [0.5, 0.6) is 5.88 Å². The summed E-state index contributed by atoms with van der Waals surface area (Å²) in [6.45, 7) is 2.53. The van der Waals surface area contributed by atoms with Gasteiger partial charge >= 0.3 is 0 Å². The highest BCUT2D eigenvalue weighted by Gasteiger charge is 2.16. The van der Waals surface area contributed by atoms with E-state index in [1.807, 2.05) is 37.4 Å². The van der Waals surface area contributed by atoms with Gasteiger partial charge in [-0.2, -0.15) is 0 Å². The smallest absolute Gasteiger partial charge is 0.212 e. The Morgan fingerprint density at radius 3 is 2.53 bits per heavy atom. The van der Waals surface area contributed by atoms with E-state index in [9.17, 15) is 0 Å². The molecule has 0 spiro atoms. The molecule has 0 saturated carbocycles. The number of aromatic nitrogens is 5. The maximum Gasteiger partial charge on any atom is 0.212 e. The van der Waals surface area contributed by atoms with Gasteiger partial charge in [0.05, 0.1) is 35.4 Å². The predicted molar refractivity (Wildman–Crippen MR) is 128 cm³/mol. The summed E-state index contributed by atoms with van der Waals surface area (Å²) in [5.41, 5.74) is 6.05. The number of hydrogen-bond acceptors (Lipinski definition) is 6. The largest absolute Gasteiger partial charge is 0.481 e. The number of methoxy groups -OCH3 is 1. The second-order valence-electron chi connectivity index (χ2n) is 7.39. The molecule has 4 aromatic heterocycles. The number of nitrogens with zero attached hydrogens (tertiary/aromatic N) is 5. The van der Waals surface area contributed by atoms with Crippen LogP contribution in [0.2, 0.25) is 4.34 Å². The molecule has 8 heteroatoms. The van der Waals surface area contributed by atoms with Crippen molar-refractivity contribution in [2.75, 3.05) is 7.11 Å². The molecule has 0 unspecified atom stereocenters. The average molecular weight is 462 g/mol. The second-order valence-corrected chi connectivity index (χ2v) is 9.20. The molecule has 0 aliphatic rings. The van der Waals surface area contributed by atoms with Gasteiger partial charge in [-0.1, -0.05) is 17.7 Å². The van der Waals surface area contributed by atoms with Crippen LogP contribution in [0.4, 0.5) is 0 Å². The molecule has 0 fully saturated rings. The Kier molecular flexibility index (Phi) is 5.59. The maximum absolute atomic E-state index is 6.48. The van der Waals surface area contributed by atoms with Gasteiger partial charge in [0.25, 0.3) is 0 Å². The highest BCUT2D eigenvalue weighted by molar-refractivity contribution is 7.15. The summed E-state index contributed by atoms with van der Waals surface area (Å²) in [6, 6.07) is 14.2. The molecule has 5 aromatic rings. The number of rotatable bonds is 6. The Morgan fingerprint density at radius 2 is 1.84 bits per heavy atom. The fourth-order valence-corrected chi connectivity index (χ4v) is 4.79. The van der Waals surface area contributed by atoms with E-state index in [0.29, 0.717) is 18.8 Å². The van der Waals surface area contributed by atoms with Crippen LogP contribution in [-0.2, 0) is 13.0 Å². The highest BCUT2D eigenvalue weighted by atomic mass is 35.5. The summed E-state index contributed by atoms with van der Waals surface area (Å²) in [7, 11) is 1.61. The lowest BCUT2D eigenvalue weighted by atomic mass is 10.1. The first kappa shape index (κ1) is 20.6. The zero-order valence-corrected chi connectivity index (χ0v) is 19.2. The SMILES string of the molecule is COc1ccc(-c2ccc3nc(Cc4ccncc4)n(Cc4nc(C)sc4Cl)c3c2)cn1. The Morgan fingerprint density at radius 1 is 1.03 bits per heavy atom. The van der Waals surface area contributed by atoms with Crippen molar-refractivity contribution in [2.24, 2.45) is 0 Å². The van der Waals surface area contributed by atoms with Gasteiger partial charge in [-0.15, -0.1) is 11.3 Å². The first-order valence-corrected chi connectivity index (χ1v) is 11.3. The number of benzene rings is 1. The Labute approximate surface area is 194 Å². The quantitative estimate of drug-likeness (QED) is 0.331. The van der Waals surface area contributed by atoms with E-state index in [4.69, 9.17) is 21.3 Å². The number of fused-ring (bicyclic) bond motifs is 1. The third-order valence-corrected chi connectivity index (χ3v) is 6.53. The summed E-state index contributed by atoms with van der Waals surface area (Å²) in [5, 5.41) is 0.954. The number of hydrogen-bond donors (Lipinski definition) is 0. The van der Waals surface area contributed by atoms with Gasteiger partial charge < -0.3 is 9.30 Å². The Bertz CT molecular complexity index is 1380. The van der Waals surface area contributed by atoms with Crippen LogP contribution in [0.3, 0.4) is 0 Å². The standard InChI is InChI=1S/C24H20ClN5OS/c1-15-28-20(24(25)32-15)14-30-21-12-17(18-4-6-23(31-2)27-13-18)3-5-19(21)29-22(30)11-16-7-9-26-10-8-16/h3-10,12-13H,11,14H2,1-2H3. The van der Waals surface area contributed by atoms with Crippen molar-refractivity contribution in [3.63, 3.8) is 0 Å². The van der Waals surface area contributed by atoms with Crippen LogP contribution in [0.25, 0.3) is 22.2 Å². The van der Waals surface area contributed by atoms with Gasteiger partial charge in [-0.3, -0.25) is 4.98 Å². The lowest BCUT2D eigenvalue weighted by Gasteiger charge is -2.09. The summed E-state index contributed by atoms with van der Waals surface area (Å²) >= 11 is 7.98. The molecule has 0 bridgehead atoms. The molecule has 0 atom stereocenters. The molecule has 1 aromatic carbocycles. The van der Waals surface area contributed by atoms with Crippen molar-refractivity contribution in [1.29, 1.82) is 0 Å². The first-order chi connectivity index (χ1) is 15.6. The van der Waals surface area contributed by atoms with Gasteiger partial charge in [0.1, 0.15) is 10.2 Å². The molecule has 0 aliphatic heterocycles. The third kappa shape index (κ3) is 4.09. The van der Waals surface area contributed by atoms with Crippen molar-refractivity contribution < 1.29 is 4.74 Å². The van der Waals surface area contributed by atoms with Crippen LogP contribution >= 0.6 is 22.9 Å². The number of imidazole rings is 1.